The summed E-state index contributed by atoms with van der Waals surface area (Å²) >= 11 is 3.20. The van der Waals surface area contributed by atoms with Gasteiger partial charge in [0.1, 0.15) is 5.76 Å². The zero-order valence-electron chi connectivity index (χ0n) is 11.2. The molecule has 1 N–H and O–H groups in total. The summed E-state index contributed by atoms with van der Waals surface area (Å²) in [6.07, 6.45) is -4.35. The van der Waals surface area contributed by atoms with Crippen LogP contribution in [0.25, 0.3) is 0 Å². The summed E-state index contributed by atoms with van der Waals surface area (Å²) in [7, 11) is 0. The first kappa shape index (κ1) is 15.3. The highest BCUT2D eigenvalue weighted by Gasteiger charge is 2.35. The Kier molecular flexibility index (Phi) is 3.85. The third kappa shape index (κ3) is 3.09. The van der Waals surface area contributed by atoms with E-state index in [4.69, 9.17) is 4.42 Å². The monoisotopic (exact) mass is 377 g/mol. The Morgan fingerprint density at radius 3 is 2.82 bits per heavy atom. The van der Waals surface area contributed by atoms with Crippen LogP contribution in [0, 0.1) is 0 Å². The van der Waals surface area contributed by atoms with Crippen molar-refractivity contribution in [3.05, 3.63) is 50.0 Å². The third-order valence-electron chi connectivity index (χ3n) is 3.42. The molecule has 0 atom stereocenters. The van der Waals surface area contributed by atoms with Crippen LogP contribution in [0.4, 0.5) is 13.2 Å². The number of nitrogens with zero attached hydrogens (tertiary/aromatic N) is 2. The van der Waals surface area contributed by atoms with Gasteiger partial charge in [-0.15, -0.1) is 0 Å². The standard InChI is InChI=1S/C13H11BrF3N3O2/c14-10-2-1-7(22-10)5-20-4-3-9-8(6-20)11(21)19-12(18-9)13(15,16)17/h1-2H,3-6H2,(H,18,19,21). The van der Waals surface area contributed by atoms with Gasteiger partial charge in [-0.25, -0.2) is 4.98 Å². The predicted octanol–water partition coefficient (Wildman–Crippen LogP) is 2.70. The fourth-order valence-corrected chi connectivity index (χ4v) is 2.75. The topological polar surface area (TPSA) is 62.1 Å². The number of furan rings is 1. The van der Waals surface area contributed by atoms with Crippen LogP contribution in [0.2, 0.25) is 0 Å². The molecule has 3 heterocycles. The number of fused-ring (bicyclic) bond motifs is 1. The van der Waals surface area contributed by atoms with Gasteiger partial charge in [-0.2, -0.15) is 13.2 Å². The van der Waals surface area contributed by atoms with E-state index < -0.39 is 17.6 Å². The maximum absolute atomic E-state index is 12.6. The lowest BCUT2D eigenvalue weighted by Gasteiger charge is -2.26. The molecule has 1 aliphatic rings. The van der Waals surface area contributed by atoms with Crippen molar-refractivity contribution in [1.82, 2.24) is 14.9 Å². The van der Waals surface area contributed by atoms with Gasteiger partial charge in [0, 0.05) is 19.5 Å². The summed E-state index contributed by atoms with van der Waals surface area (Å²) in [5, 5.41) is 0. The molecule has 2 aromatic heterocycles. The zero-order chi connectivity index (χ0) is 15.9. The summed E-state index contributed by atoms with van der Waals surface area (Å²) in [5.41, 5.74) is -0.236. The molecule has 1 aliphatic heterocycles. The number of rotatable bonds is 2. The first-order valence-corrected chi connectivity index (χ1v) is 7.28. The highest BCUT2D eigenvalue weighted by molar-refractivity contribution is 9.10. The third-order valence-corrected chi connectivity index (χ3v) is 3.85. The molecule has 0 unspecified atom stereocenters. The van der Waals surface area contributed by atoms with E-state index in [0.29, 0.717) is 29.9 Å². The lowest BCUT2D eigenvalue weighted by Crippen LogP contribution is -2.36. The van der Waals surface area contributed by atoms with Gasteiger partial charge in [0.15, 0.2) is 4.67 Å². The number of alkyl halides is 3. The number of hydrogen-bond donors (Lipinski definition) is 1. The van der Waals surface area contributed by atoms with Gasteiger partial charge in [0.25, 0.3) is 5.56 Å². The van der Waals surface area contributed by atoms with E-state index in [1.54, 1.807) is 12.1 Å². The van der Waals surface area contributed by atoms with E-state index >= 15 is 0 Å². The maximum Gasteiger partial charge on any atom is 0.449 e. The summed E-state index contributed by atoms with van der Waals surface area (Å²) in [6.45, 7) is 1.23. The van der Waals surface area contributed by atoms with Crippen LogP contribution in [0.1, 0.15) is 22.8 Å². The smallest absolute Gasteiger partial charge is 0.449 e. The summed E-state index contributed by atoms with van der Waals surface area (Å²) in [5.74, 6) is -0.522. The molecule has 0 amide bonds. The molecule has 0 bridgehead atoms. The molecule has 0 aromatic carbocycles. The largest absolute Gasteiger partial charge is 0.453 e. The summed E-state index contributed by atoms with van der Waals surface area (Å²) in [4.78, 5) is 19.2. The molecule has 3 rings (SSSR count). The van der Waals surface area contributed by atoms with E-state index in [1.165, 1.54) is 0 Å². The molecule has 0 aliphatic carbocycles. The molecular formula is C13H11BrF3N3O2. The number of hydrogen-bond acceptors (Lipinski definition) is 4. The van der Waals surface area contributed by atoms with Crippen molar-refractivity contribution in [2.24, 2.45) is 0 Å². The van der Waals surface area contributed by atoms with E-state index in [-0.39, 0.29) is 17.8 Å². The molecule has 118 valence electrons. The molecule has 0 radical (unpaired) electrons. The number of aromatic amines is 1. The Balaban J connectivity index is 1.83. The molecule has 5 nitrogen and oxygen atoms in total. The molecular weight excluding hydrogens is 367 g/mol. The van der Waals surface area contributed by atoms with Gasteiger partial charge < -0.3 is 9.40 Å². The van der Waals surface area contributed by atoms with Gasteiger partial charge >= 0.3 is 6.18 Å². The van der Waals surface area contributed by atoms with Crippen molar-refractivity contribution in [3.8, 4) is 0 Å². The second-order valence-corrected chi connectivity index (χ2v) is 5.79. The SMILES string of the molecule is O=c1[nH]c(C(F)(F)F)nc2c1CN(Cc1ccc(Br)o1)CC2. The highest BCUT2D eigenvalue weighted by Crippen LogP contribution is 2.27. The van der Waals surface area contributed by atoms with Crippen LogP contribution < -0.4 is 5.56 Å². The summed E-state index contributed by atoms with van der Waals surface area (Å²) < 4.78 is 43.9. The van der Waals surface area contributed by atoms with Crippen LogP contribution >= 0.6 is 15.9 Å². The second kappa shape index (κ2) is 5.54. The van der Waals surface area contributed by atoms with Gasteiger partial charge in [0.2, 0.25) is 5.82 Å². The minimum Gasteiger partial charge on any atom is -0.453 e. The lowest BCUT2D eigenvalue weighted by atomic mass is 10.1. The maximum atomic E-state index is 12.6. The number of nitrogens with one attached hydrogen (secondary N) is 1. The Bertz CT molecular complexity index is 754. The quantitative estimate of drug-likeness (QED) is 0.873. The zero-order valence-corrected chi connectivity index (χ0v) is 12.8. The molecule has 9 heteroatoms. The van der Waals surface area contributed by atoms with Crippen molar-refractivity contribution >= 4 is 15.9 Å². The number of H-pyrrole nitrogens is 1. The highest BCUT2D eigenvalue weighted by atomic mass is 79.9. The van der Waals surface area contributed by atoms with Crippen molar-refractivity contribution in [1.29, 1.82) is 0 Å². The molecule has 0 fully saturated rings. The Morgan fingerprint density at radius 2 is 2.18 bits per heavy atom. The van der Waals surface area contributed by atoms with Crippen LogP contribution in [0.5, 0.6) is 0 Å². The van der Waals surface area contributed by atoms with Gasteiger partial charge in [-0.05, 0) is 28.1 Å². The Labute approximate surface area is 131 Å². The predicted molar refractivity (Wildman–Crippen MR) is 74.1 cm³/mol. The van der Waals surface area contributed by atoms with Crippen molar-refractivity contribution in [2.75, 3.05) is 6.54 Å². The van der Waals surface area contributed by atoms with E-state index in [0.717, 1.165) is 0 Å². The number of halogens is 4. The fraction of sp³-hybridized carbons (Fsp3) is 0.385. The van der Waals surface area contributed by atoms with Crippen LogP contribution in [0.3, 0.4) is 0 Å². The van der Waals surface area contributed by atoms with Gasteiger partial charge in [-0.1, -0.05) is 0 Å². The van der Waals surface area contributed by atoms with Crippen molar-refractivity contribution in [2.45, 2.75) is 25.7 Å². The van der Waals surface area contributed by atoms with Crippen molar-refractivity contribution < 1.29 is 17.6 Å². The van der Waals surface area contributed by atoms with E-state index in [2.05, 4.69) is 20.9 Å². The fourth-order valence-electron chi connectivity index (χ4n) is 2.41. The molecule has 0 saturated carbocycles. The second-order valence-electron chi connectivity index (χ2n) is 5.00. The van der Waals surface area contributed by atoms with Crippen LogP contribution in [-0.4, -0.2) is 21.4 Å². The Morgan fingerprint density at radius 1 is 1.41 bits per heavy atom. The lowest BCUT2D eigenvalue weighted by molar-refractivity contribution is -0.145. The van der Waals surface area contributed by atoms with E-state index in [9.17, 15) is 18.0 Å². The van der Waals surface area contributed by atoms with Crippen molar-refractivity contribution in [3.63, 3.8) is 0 Å². The summed E-state index contributed by atoms with van der Waals surface area (Å²) in [6, 6.07) is 3.56. The van der Waals surface area contributed by atoms with Crippen LogP contribution in [-0.2, 0) is 25.7 Å². The normalized spacial score (nSPS) is 15.8. The molecule has 22 heavy (non-hydrogen) atoms. The molecule has 2 aromatic rings. The van der Waals surface area contributed by atoms with Gasteiger partial charge in [0.05, 0.1) is 17.8 Å². The Hall–Kier alpha value is -1.61. The first-order valence-electron chi connectivity index (χ1n) is 6.49. The van der Waals surface area contributed by atoms with Gasteiger partial charge in [-0.3, -0.25) is 9.69 Å². The first-order chi connectivity index (χ1) is 10.3. The van der Waals surface area contributed by atoms with Crippen LogP contribution in [0.15, 0.2) is 26.0 Å². The average Bonchev–Trinajstić information content (AvgIpc) is 2.83. The number of aromatic nitrogens is 2. The average molecular weight is 378 g/mol. The minimum atomic E-state index is -4.65. The minimum absolute atomic E-state index is 0.216. The molecule has 0 saturated heterocycles. The molecule has 0 spiro atoms. The van der Waals surface area contributed by atoms with E-state index in [1.807, 2.05) is 9.88 Å².